The lowest BCUT2D eigenvalue weighted by Gasteiger charge is -2.20. The third-order valence-electron chi connectivity index (χ3n) is 4.89. The fourth-order valence-electron chi connectivity index (χ4n) is 3.25. The van der Waals surface area contributed by atoms with E-state index >= 15 is 0 Å². The molecule has 0 radical (unpaired) electrons. The minimum absolute atomic E-state index is 0.444. The van der Waals surface area contributed by atoms with Gasteiger partial charge >= 0.3 is 11.9 Å². The fourth-order valence-corrected chi connectivity index (χ4v) is 3.25. The number of allylic oxidation sites excluding steroid dienone is 6. The van der Waals surface area contributed by atoms with Crippen LogP contribution in [0.3, 0.4) is 0 Å². The Hall–Kier alpha value is -2.63. The van der Waals surface area contributed by atoms with E-state index in [0.717, 1.165) is 31.3 Å². The standard InChI is InChI=1S/C23H34N2O4/c1-16(2)8-6-9-17(3)10-7-11-18(4)14-19(22-24-12-13-25(22)5)20(23(28)29)15-21(26)27/h8,10,12-14,19-20H,6-7,9,11,15H2,1-5H3,(H,26,27)(H,28,29)/b17-10+,18-14+. The number of aromatic nitrogens is 2. The molecule has 6 nitrogen and oxygen atoms in total. The number of carboxylic acid groups (broad SMARTS) is 2. The van der Waals surface area contributed by atoms with Crippen LogP contribution < -0.4 is 0 Å². The van der Waals surface area contributed by atoms with Gasteiger partial charge in [0.15, 0.2) is 0 Å². The molecule has 0 spiro atoms. The molecular weight excluding hydrogens is 368 g/mol. The molecule has 2 atom stereocenters. The molecule has 0 saturated heterocycles. The molecule has 0 fully saturated rings. The molecule has 0 saturated carbocycles. The van der Waals surface area contributed by atoms with Crippen LogP contribution in [0.25, 0.3) is 0 Å². The van der Waals surface area contributed by atoms with E-state index in [-0.39, 0.29) is 0 Å². The summed E-state index contributed by atoms with van der Waals surface area (Å²) in [5.41, 5.74) is 3.69. The third kappa shape index (κ3) is 8.94. The normalized spacial score (nSPS) is 14.4. The highest BCUT2D eigenvalue weighted by Gasteiger charge is 2.32. The highest BCUT2D eigenvalue weighted by Crippen LogP contribution is 2.30. The molecule has 0 aliphatic heterocycles. The summed E-state index contributed by atoms with van der Waals surface area (Å²) in [4.78, 5) is 27.3. The number of nitrogens with zero attached hydrogens (tertiary/aromatic N) is 2. The Balaban J connectivity index is 2.92. The van der Waals surface area contributed by atoms with Gasteiger partial charge in [-0.05, 0) is 53.4 Å². The van der Waals surface area contributed by atoms with Crippen molar-refractivity contribution in [2.24, 2.45) is 13.0 Å². The number of hydrogen-bond donors (Lipinski definition) is 2. The zero-order valence-electron chi connectivity index (χ0n) is 18.2. The Morgan fingerprint density at radius 1 is 1.07 bits per heavy atom. The first-order valence-electron chi connectivity index (χ1n) is 10.00. The molecule has 2 N–H and O–H groups in total. The number of imidazole rings is 1. The molecular formula is C23H34N2O4. The summed E-state index contributed by atoms with van der Waals surface area (Å²) in [6.45, 7) is 8.28. The smallest absolute Gasteiger partial charge is 0.308 e. The molecule has 0 aliphatic rings. The van der Waals surface area contributed by atoms with Gasteiger partial charge in [-0.2, -0.15) is 0 Å². The molecule has 1 rings (SSSR count). The third-order valence-corrected chi connectivity index (χ3v) is 4.89. The zero-order valence-corrected chi connectivity index (χ0v) is 18.2. The SMILES string of the molecule is CC(C)=CCC/C(C)=C/CC/C(C)=C/C(c1nccn1C)C(CC(=O)O)C(=O)O. The van der Waals surface area contributed by atoms with Gasteiger partial charge in [0, 0.05) is 25.4 Å². The summed E-state index contributed by atoms with van der Waals surface area (Å²) in [7, 11) is 1.79. The summed E-state index contributed by atoms with van der Waals surface area (Å²) in [6.07, 6.45) is 12.9. The van der Waals surface area contributed by atoms with Crippen molar-refractivity contribution < 1.29 is 19.8 Å². The minimum atomic E-state index is -1.13. The van der Waals surface area contributed by atoms with Crippen molar-refractivity contribution >= 4 is 11.9 Å². The first kappa shape index (κ1) is 24.4. The molecule has 1 aromatic heterocycles. The molecule has 0 aliphatic carbocycles. The van der Waals surface area contributed by atoms with E-state index < -0.39 is 30.2 Å². The lowest BCUT2D eigenvalue weighted by atomic mass is 9.86. The first-order valence-corrected chi connectivity index (χ1v) is 10.00. The average molecular weight is 403 g/mol. The van der Waals surface area contributed by atoms with Crippen molar-refractivity contribution in [2.75, 3.05) is 0 Å². The van der Waals surface area contributed by atoms with Crippen molar-refractivity contribution in [1.29, 1.82) is 0 Å². The Kier molecular flexibility index (Phi) is 10.1. The van der Waals surface area contributed by atoms with Crippen molar-refractivity contribution in [3.63, 3.8) is 0 Å². The van der Waals surface area contributed by atoms with Crippen molar-refractivity contribution in [3.05, 3.63) is 53.2 Å². The Morgan fingerprint density at radius 3 is 2.21 bits per heavy atom. The molecule has 1 heterocycles. The lowest BCUT2D eigenvalue weighted by molar-refractivity contribution is -0.148. The molecule has 29 heavy (non-hydrogen) atoms. The van der Waals surface area contributed by atoms with Gasteiger partial charge in [-0.25, -0.2) is 4.98 Å². The topological polar surface area (TPSA) is 92.4 Å². The first-order chi connectivity index (χ1) is 13.6. The average Bonchev–Trinajstić information content (AvgIpc) is 3.03. The number of carboxylic acids is 2. The molecule has 6 heteroatoms. The van der Waals surface area contributed by atoms with E-state index in [1.807, 2.05) is 13.0 Å². The van der Waals surface area contributed by atoms with Crippen molar-refractivity contribution in [1.82, 2.24) is 9.55 Å². The van der Waals surface area contributed by atoms with E-state index in [0.29, 0.717) is 5.82 Å². The summed E-state index contributed by atoms with van der Waals surface area (Å²) in [6, 6.07) is 0. The van der Waals surface area contributed by atoms with Crippen LogP contribution in [0.15, 0.2) is 47.3 Å². The van der Waals surface area contributed by atoms with Gasteiger partial charge in [0.1, 0.15) is 5.82 Å². The van der Waals surface area contributed by atoms with Crippen LogP contribution in [0, 0.1) is 5.92 Å². The molecule has 0 aromatic carbocycles. The van der Waals surface area contributed by atoms with Gasteiger partial charge < -0.3 is 14.8 Å². The molecule has 1 aromatic rings. The molecule has 2 unspecified atom stereocenters. The minimum Gasteiger partial charge on any atom is -0.481 e. The van der Waals surface area contributed by atoms with Gasteiger partial charge in [-0.3, -0.25) is 9.59 Å². The monoisotopic (exact) mass is 402 g/mol. The van der Waals surface area contributed by atoms with E-state index in [2.05, 4.69) is 37.9 Å². The predicted octanol–water partition coefficient (Wildman–Crippen LogP) is 5.10. The van der Waals surface area contributed by atoms with Gasteiger partial charge in [0.2, 0.25) is 0 Å². The lowest BCUT2D eigenvalue weighted by Crippen LogP contribution is -2.26. The van der Waals surface area contributed by atoms with Crippen LogP contribution in [-0.4, -0.2) is 31.7 Å². The predicted molar refractivity (Wildman–Crippen MR) is 115 cm³/mol. The van der Waals surface area contributed by atoms with Crippen LogP contribution in [0.5, 0.6) is 0 Å². The Labute approximate surface area is 173 Å². The highest BCUT2D eigenvalue weighted by atomic mass is 16.4. The van der Waals surface area contributed by atoms with Crippen LogP contribution in [0.4, 0.5) is 0 Å². The van der Waals surface area contributed by atoms with Gasteiger partial charge in [0.05, 0.1) is 12.3 Å². The summed E-state index contributed by atoms with van der Waals surface area (Å²) >= 11 is 0. The Bertz CT molecular complexity index is 783. The van der Waals surface area contributed by atoms with Crippen molar-refractivity contribution in [3.8, 4) is 0 Å². The van der Waals surface area contributed by atoms with E-state index in [1.165, 1.54) is 11.1 Å². The zero-order chi connectivity index (χ0) is 22.0. The number of hydrogen-bond acceptors (Lipinski definition) is 3. The quantitative estimate of drug-likeness (QED) is 0.475. The second kappa shape index (κ2) is 12.0. The Morgan fingerprint density at radius 2 is 1.69 bits per heavy atom. The molecule has 0 amide bonds. The fraction of sp³-hybridized carbons (Fsp3) is 0.522. The second-order valence-corrected chi connectivity index (χ2v) is 7.89. The van der Waals surface area contributed by atoms with Gasteiger partial charge in [0.25, 0.3) is 0 Å². The molecule has 160 valence electrons. The second-order valence-electron chi connectivity index (χ2n) is 7.89. The largest absolute Gasteiger partial charge is 0.481 e. The van der Waals surface area contributed by atoms with E-state index in [4.69, 9.17) is 5.11 Å². The molecule has 0 bridgehead atoms. The van der Waals surface area contributed by atoms with Crippen LogP contribution in [0.2, 0.25) is 0 Å². The van der Waals surface area contributed by atoms with Gasteiger partial charge in [-0.1, -0.05) is 34.9 Å². The summed E-state index contributed by atoms with van der Waals surface area (Å²) < 4.78 is 1.75. The van der Waals surface area contributed by atoms with E-state index in [1.54, 1.807) is 24.0 Å². The van der Waals surface area contributed by atoms with Crippen LogP contribution in [-0.2, 0) is 16.6 Å². The van der Waals surface area contributed by atoms with Gasteiger partial charge in [-0.15, -0.1) is 0 Å². The number of aryl methyl sites for hydroxylation is 1. The summed E-state index contributed by atoms with van der Waals surface area (Å²) in [5, 5.41) is 18.8. The maximum atomic E-state index is 11.8. The van der Waals surface area contributed by atoms with Crippen LogP contribution >= 0.6 is 0 Å². The number of carbonyl (C=O) groups is 2. The summed E-state index contributed by atoms with van der Waals surface area (Å²) in [5.74, 6) is -3.35. The maximum absolute atomic E-state index is 11.8. The maximum Gasteiger partial charge on any atom is 0.308 e. The van der Waals surface area contributed by atoms with Crippen molar-refractivity contribution in [2.45, 2.75) is 65.7 Å². The number of rotatable bonds is 12. The van der Waals surface area contributed by atoms with E-state index in [9.17, 15) is 14.7 Å². The van der Waals surface area contributed by atoms with Crippen LogP contribution in [0.1, 0.15) is 71.5 Å². The highest BCUT2D eigenvalue weighted by molar-refractivity contribution is 5.79. The number of aliphatic carboxylic acids is 2.